The number of aromatic nitrogens is 1. The van der Waals surface area contributed by atoms with Crippen molar-refractivity contribution in [1.82, 2.24) is 10.3 Å². The lowest BCUT2D eigenvalue weighted by molar-refractivity contribution is -0.141. The summed E-state index contributed by atoms with van der Waals surface area (Å²) in [5.74, 6) is -2.02. The number of carboxylic acids is 1. The zero-order chi connectivity index (χ0) is 16.7. The zero-order valence-corrected chi connectivity index (χ0v) is 12.2. The van der Waals surface area contributed by atoms with E-state index in [2.05, 4.69) is 15.6 Å². The maximum absolute atomic E-state index is 12.8. The first-order valence-corrected chi connectivity index (χ1v) is 6.96. The highest BCUT2D eigenvalue weighted by Gasteiger charge is 2.20. The highest BCUT2D eigenvalue weighted by Crippen LogP contribution is 2.09. The van der Waals surface area contributed by atoms with Crippen LogP contribution in [0.5, 0.6) is 0 Å². The number of hydrogen-bond donors (Lipinski definition) is 3. The lowest BCUT2D eigenvalue weighted by Crippen LogP contribution is -2.39. The lowest BCUT2D eigenvalue weighted by atomic mass is 10.2. The number of carbonyl (C=O) groups is 2. The second kappa shape index (κ2) is 8.00. The van der Waals surface area contributed by atoms with Gasteiger partial charge in [-0.05, 0) is 36.4 Å². The van der Waals surface area contributed by atoms with E-state index in [1.807, 2.05) is 0 Å². The van der Waals surface area contributed by atoms with Gasteiger partial charge in [0.25, 0.3) is 0 Å². The van der Waals surface area contributed by atoms with E-state index in [1.54, 1.807) is 24.4 Å². The van der Waals surface area contributed by atoms with Gasteiger partial charge in [0, 0.05) is 18.4 Å². The molecule has 0 aliphatic heterocycles. The molecule has 6 nitrogen and oxygen atoms in total. The minimum Gasteiger partial charge on any atom is -0.480 e. The molecule has 1 aromatic heterocycles. The molecule has 120 valence electrons. The third kappa shape index (κ3) is 5.48. The Labute approximate surface area is 132 Å². The average Bonchev–Trinajstić information content (AvgIpc) is 2.54. The molecule has 0 aliphatic carbocycles. The molecule has 0 unspecified atom stereocenters. The van der Waals surface area contributed by atoms with Crippen LogP contribution in [0, 0.1) is 5.82 Å². The fourth-order valence-electron chi connectivity index (χ4n) is 1.91. The number of nitrogens with zero attached hydrogens (tertiary/aromatic N) is 1. The Balaban J connectivity index is 1.89. The summed E-state index contributed by atoms with van der Waals surface area (Å²) >= 11 is 0. The third-order valence-corrected chi connectivity index (χ3v) is 3.07. The van der Waals surface area contributed by atoms with Gasteiger partial charge in [-0.1, -0.05) is 6.07 Å². The first kappa shape index (κ1) is 16.6. The number of anilines is 1. The van der Waals surface area contributed by atoms with E-state index in [9.17, 15) is 19.1 Å². The van der Waals surface area contributed by atoms with Crippen LogP contribution in [0.1, 0.15) is 12.1 Å². The topological polar surface area (TPSA) is 91.3 Å². The van der Waals surface area contributed by atoms with Crippen molar-refractivity contribution in [2.24, 2.45) is 0 Å². The van der Waals surface area contributed by atoms with Crippen molar-refractivity contribution in [3.05, 3.63) is 60.2 Å². The fraction of sp³-hybridized carbons (Fsp3) is 0.188. The summed E-state index contributed by atoms with van der Waals surface area (Å²) in [6, 6.07) is 9.50. The first-order chi connectivity index (χ1) is 11.0. The van der Waals surface area contributed by atoms with Crippen molar-refractivity contribution in [1.29, 1.82) is 0 Å². The number of pyridine rings is 1. The minimum atomic E-state index is -1.13. The van der Waals surface area contributed by atoms with E-state index < -0.39 is 23.7 Å². The molecule has 1 atom stereocenters. The molecular formula is C16H16FN3O3. The molecule has 1 aromatic carbocycles. The van der Waals surface area contributed by atoms with Gasteiger partial charge in [0.15, 0.2) is 0 Å². The summed E-state index contributed by atoms with van der Waals surface area (Å²) < 4.78 is 12.8. The summed E-state index contributed by atoms with van der Waals surface area (Å²) in [6.07, 6.45) is 1.35. The van der Waals surface area contributed by atoms with Crippen LogP contribution in [0.15, 0.2) is 48.7 Å². The van der Waals surface area contributed by atoms with Gasteiger partial charge in [-0.2, -0.15) is 0 Å². The van der Waals surface area contributed by atoms with Crippen LogP contribution < -0.4 is 10.6 Å². The smallest absolute Gasteiger partial charge is 0.321 e. The number of amides is 1. The normalized spacial score (nSPS) is 11.7. The Kier molecular flexibility index (Phi) is 5.76. The van der Waals surface area contributed by atoms with Crippen LogP contribution in [0.2, 0.25) is 0 Å². The molecule has 2 rings (SSSR count). The molecule has 1 amide bonds. The Hall–Kier alpha value is -2.80. The summed E-state index contributed by atoms with van der Waals surface area (Å²) in [5.41, 5.74) is 1.09. The minimum absolute atomic E-state index is 0.238. The summed E-state index contributed by atoms with van der Waals surface area (Å²) in [6.45, 7) is 0.238. The molecule has 23 heavy (non-hydrogen) atoms. The number of carbonyl (C=O) groups excluding carboxylic acids is 1. The Morgan fingerprint density at radius 2 is 1.91 bits per heavy atom. The van der Waals surface area contributed by atoms with Gasteiger partial charge in [-0.15, -0.1) is 0 Å². The average molecular weight is 317 g/mol. The van der Waals surface area contributed by atoms with Crippen molar-refractivity contribution in [2.75, 3.05) is 5.32 Å². The first-order valence-electron chi connectivity index (χ1n) is 6.96. The van der Waals surface area contributed by atoms with Crippen LogP contribution in [-0.2, 0) is 16.1 Å². The van der Waals surface area contributed by atoms with Crippen LogP contribution in [-0.4, -0.2) is 28.0 Å². The lowest BCUT2D eigenvalue weighted by Gasteiger charge is -2.14. The summed E-state index contributed by atoms with van der Waals surface area (Å²) in [5, 5.41) is 14.5. The van der Waals surface area contributed by atoms with Crippen LogP contribution in [0.25, 0.3) is 0 Å². The Bertz CT molecular complexity index is 662. The molecule has 0 fully saturated rings. The van der Waals surface area contributed by atoms with Gasteiger partial charge in [-0.3, -0.25) is 19.9 Å². The van der Waals surface area contributed by atoms with Gasteiger partial charge in [-0.25, -0.2) is 4.39 Å². The van der Waals surface area contributed by atoms with Crippen molar-refractivity contribution >= 4 is 17.6 Å². The maximum Gasteiger partial charge on any atom is 0.321 e. The molecule has 0 saturated carbocycles. The number of halogens is 1. The third-order valence-electron chi connectivity index (χ3n) is 3.07. The number of carboxylic acid groups (broad SMARTS) is 1. The molecule has 0 saturated heterocycles. The van der Waals surface area contributed by atoms with Crippen molar-refractivity contribution in [2.45, 2.75) is 19.0 Å². The van der Waals surface area contributed by atoms with Crippen LogP contribution >= 0.6 is 0 Å². The van der Waals surface area contributed by atoms with Crippen molar-refractivity contribution in [3.8, 4) is 0 Å². The number of rotatable bonds is 7. The second-order valence-corrected chi connectivity index (χ2v) is 4.85. The van der Waals surface area contributed by atoms with E-state index in [0.29, 0.717) is 11.4 Å². The predicted octanol–water partition coefficient (Wildman–Crippen LogP) is 1.79. The quantitative estimate of drug-likeness (QED) is 0.724. The van der Waals surface area contributed by atoms with E-state index in [0.717, 1.165) is 0 Å². The standard InChI is InChI=1S/C16H16FN3O3/c17-11-4-6-12(7-5-11)20-15(21)9-14(16(22)23)19-10-13-3-1-2-8-18-13/h1-8,14,19H,9-10H2,(H,20,21)(H,22,23)/t14-/m1/s1. The highest BCUT2D eigenvalue weighted by atomic mass is 19.1. The highest BCUT2D eigenvalue weighted by molar-refractivity contribution is 5.94. The molecule has 0 radical (unpaired) electrons. The molecule has 0 aliphatic rings. The Morgan fingerprint density at radius 1 is 1.17 bits per heavy atom. The zero-order valence-electron chi connectivity index (χ0n) is 12.2. The molecule has 2 aromatic rings. The van der Waals surface area contributed by atoms with Gasteiger partial charge < -0.3 is 10.4 Å². The van der Waals surface area contributed by atoms with E-state index >= 15 is 0 Å². The predicted molar refractivity (Wildman–Crippen MR) is 82.1 cm³/mol. The second-order valence-electron chi connectivity index (χ2n) is 4.85. The summed E-state index contributed by atoms with van der Waals surface area (Å²) in [4.78, 5) is 27.2. The van der Waals surface area contributed by atoms with Gasteiger partial charge >= 0.3 is 5.97 Å². The maximum atomic E-state index is 12.8. The van der Waals surface area contributed by atoms with Crippen molar-refractivity contribution in [3.63, 3.8) is 0 Å². The monoisotopic (exact) mass is 317 g/mol. The van der Waals surface area contributed by atoms with E-state index in [-0.39, 0.29) is 13.0 Å². The van der Waals surface area contributed by atoms with Gasteiger partial charge in [0.05, 0.1) is 12.1 Å². The largest absolute Gasteiger partial charge is 0.480 e. The number of hydrogen-bond acceptors (Lipinski definition) is 4. The SMILES string of the molecule is O=C(C[C@@H](NCc1ccccn1)C(=O)O)Nc1ccc(F)cc1. The van der Waals surface area contributed by atoms with E-state index in [4.69, 9.17) is 0 Å². The van der Waals surface area contributed by atoms with Gasteiger partial charge in [0.1, 0.15) is 11.9 Å². The van der Waals surface area contributed by atoms with E-state index in [1.165, 1.54) is 24.3 Å². The van der Waals surface area contributed by atoms with Crippen molar-refractivity contribution < 1.29 is 19.1 Å². The molecule has 3 N–H and O–H groups in total. The molecule has 7 heteroatoms. The molecular weight excluding hydrogens is 301 g/mol. The molecule has 0 bridgehead atoms. The summed E-state index contributed by atoms with van der Waals surface area (Å²) in [7, 11) is 0. The molecule has 0 spiro atoms. The number of aliphatic carboxylic acids is 1. The Morgan fingerprint density at radius 3 is 2.52 bits per heavy atom. The van der Waals surface area contributed by atoms with Crippen LogP contribution in [0.3, 0.4) is 0 Å². The fourth-order valence-corrected chi connectivity index (χ4v) is 1.91. The molecule has 1 heterocycles. The van der Waals surface area contributed by atoms with Gasteiger partial charge in [0.2, 0.25) is 5.91 Å². The van der Waals surface area contributed by atoms with Crippen LogP contribution in [0.4, 0.5) is 10.1 Å². The number of nitrogens with one attached hydrogen (secondary N) is 2. The number of benzene rings is 1.